The van der Waals surface area contributed by atoms with Gasteiger partial charge in [-0.2, -0.15) is 0 Å². The minimum atomic E-state index is 0.422. The molecule has 0 aliphatic carbocycles. The SMILES string of the molecule is CC(C)c1oc(CCN)cc1Br. The van der Waals surface area contributed by atoms with E-state index in [0.717, 1.165) is 22.4 Å². The molecule has 2 N–H and O–H groups in total. The summed E-state index contributed by atoms with van der Waals surface area (Å²) in [6.07, 6.45) is 0.811. The molecule has 0 atom stereocenters. The molecule has 0 unspecified atom stereocenters. The third kappa shape index (κ3) is 2.11. The van der Waals surface area contributed by atoms with Crippen LogP contribution >= 0.6 is 15.9 Å². The zero-order valence-electron chi connectivity index (χ0n) is 7.43. The van der Waals surface area contributed by atoms with Crippen molar-refractivity contribution in [3.05, 3.63) is 22.1 Å². The van der Waals surface area contributed by atoms with Gasteiger partial charge in [0.25, 0.3) is 0 Å². The van der Waals surface area contributed by atoms with Gasteiger partial charge in [0.05, 0.1) is 4.47 Å². The summed E-state index contributed by atoms with van der Waals surface area (Å²) in [7, 11) is 0. The molecule has 1 rings (SSSR count). The third-order valence-corrected chi connectivity index (χ3v) is 2.30. The second-order valence-corrected chi connectivity index (χ2v) is 3.97. The van der Waals surface area contributed by atoms with E-state index in [4.69, 9.17) is 10.2 Å². The van der Waals surface area contributed by atoms with Crippen molar-refractivity contribution in [2.75, 3.05) is 6.54 Å². The van der Waals surface area contributed by atoms with Crippen molar-refractivity contribution in [2.45, 2.75) is 26.2 Å². The molecule has 0 saturated carbocycles. The van der Waals surface area contributed by atoms with E-state index >= 15 is 0 Å². The van der Waals surface area contributed by atoms with E-state index in [2.05, 4.69) is 29.8 Å². The topological polar surface area (TPSA) is 39.2 Å². The Kier molecular flexibility index (Phi) is 3.35. The van der Waals surface area contributed by atoms with Crippen LogP contribution in [0.1, 0.15) is 31.3 Å². The Bertz CT molecular complexity index is 255. The van der Waals surface area contributed by atoms with Gasteiger partial charge >= 0.3 is 0 Å². The molecule has 3 heteroatoms. The molecule has 0 bridgehead atoms. The van der Waals surface area contributed by atoms with Gasteiger partial charge in [0.15, 0.2) is 0 Å². The van der Waals surface area contributed by atoms with E-state index in [1.165, 1.54) is 0 Å². The van der Waals surface area contributed by atoms with Crippen molar-refractivity contribution < 1.29 is 4.42 Å². The molecule has 0 radical (unpaired) electrons. The summed E-state index contributed by atoms with van der Waals surface area (Å²) in [6.45, 7) is 4.85. The Balaban J connectivity index is 2.85. The van der Waals surface area contributed by atoms with Crippen LogP contribution in [0, 0.1) is 0 Å². The van der Waals surface area contributed by atoms with Gasteiger partial charge in [0.2, 0.25) is 0 Å². The minimum Gasteiger partial charge on any atom is -0.465 e. The van der Waals surface area contributed by atoms with Gasteiger partial charge in [-0.1, -0.05) is 13.8 Å². The van der Waals surface area contributed by atoms with Gasteiger partial charge in [-0.25, -0.2) is 0 Å². The first-order chi connectivity index (χ1) is 5.65. The highest BCUT2D eigenvalue weighted by Gasteiger charge is 2.11. The monoisotopic (exact) mass is 231 g/mol. The lowest BCUT2D eigenvalue weighted by Gasteiger charge is -1.99. The summed E-state index contributed by atoms with van der Waals surface area (Å²) in [5.41, 5.74) is 5.42. The maximum atomic E-state index is 5.59. The summed E-state index contributed by atoms with van der Waals surface area (Å²) in [5, 5.41) is 0. The standard InChI is InChI=1S/C9H14BrNO/c1-6(2)9-8(10)5-7(12-9)3-4-11/h5-6H,3-4,11H2,1-2H3. The van der Waals surface area contributed by atoms with Crippen LogP contribution in [-0.4, -0.2) is 6.54 Å². The molecule has 1 aromatic rings. The first-order valence-corrected chi connectivity index (χ1v) is 4.92. The molecule has 0 spiro atoms. The number of hydrogen-bond acceptors (Lipinski definition) is 2. The molecular formula is C9H14BrNO. The molecule has 1 aromatic heterocycles. The molecule has 0 amide bonds. The molecule has 12 heavy (non-hydrogen) atoms. The second-order valence-electron chi connectivity index (χ2n) is 3.12. The maximum Gasteiger partial charge on any atom is 0.120 e. The van der Waals surface area contributed by atoms with E-state index in [1.54, 1.807) is 0 Å². The van der Waals surface area contributed by atoms with Gasteiger partial charge in [0, 0.05) is 12.3 Å². The summed E-state index contributed by atoms with van der Waals surface area (Å²) < 4.78 is 6.65. The summed E-state index contributed by atoms with van der Waals surface area (Å²) in [4.78, 5) is 0. The summed E-state index contributed by atoms with van der Waals surface area (Å²) in [6, 6.07) is 2.00. The number of furan rings is 1. The van der Waals surface area contributed by atoms with Crippen LogP contribution < -0.4 is 5.73 Å². The van der Waals surface area contributed by atoms with E-state index in [9.17, 15) is 0 Å². The number of hydrogen-bond donors (Lipinski definition) is 1. The normalized spacial score (nSPS) is 11.1. The largest absolute Gasteiger partial charge is 0.465 e. The Morgan fingerprint density at radius 1 is 1.58 bits per heavy atom. The quantitative estimate of drug-likeness (QED) is 0.870. The van der Waals surface area contributed by atoms with Gasteiger partial charge in [0.1, 0.15) is 11.5 Å². The first-order valence-electron chi connectivity index (χ1n) is 4.13. The Hall–Kier alpha value is -0.280. The molecule has 2 nitrogen and oxygen atoms in total. The second kappa shape index (κ2) is 4.10. The number of nitrogens with two attached hydrogens (primary N) is 1. The van der Waals surface area contributed by atoms with Crippen LogP contribution in [-0.2, 0) is 6.42 Å². The van der Waals surface area contributed by atoms with Gasteiger partial charge < -0.3 is 10.2 Å². The molecule has 0 saturated heterocycles. The minimum absolute atomic E-state index is 0.422. The average Bonchev–Trinajstić information content (AvgIpc) is 2.32. The molecule has 0 aliphatic rings. The predicted molar refractivity (Wildman–Crippen MR) is 53.3 cm³/mol. The third-order valence-electron chi connectivity index (χ3n) is 1.68. The molecule has 1 heterocycles. The van der Waals surface area contributed by atoms with Crippen LogP contribution in [0.5, 0.6) is 0 Å². The van der Waals surface area contributed by atoms with E-state index < -0.39 is 0 Å². The van der Waals surface area contributed by atoms with E-state index in [0.29, 0.717) is 12.5 Å². The van der Waals surface area contributed by atoms with Crippen LogP contribution in [0.2, 0.25) is 0 Å². The Morgan fingerprint density at radius 2 is 2.25 bits per heavy atom. The van der Waals surface area contributed by atoms with Gasteiger partial charge in [-0.3, -0.25) is 0 Å². The van der Waals surface area contributed by atoms with Crippen LogP contribution in [0.25, 0.3) is 0 Å². The molecular weight excluding hydrogens is 218 g/mol. The summed E-state index contributed by atoms with van der Waals surface area (Å²) in [5.74, 6) is 2.40. The zero-order valence-corrected chi connectivity index (χ0v) is 9.02. The Labute approximate surface area is 81.3 Å². The van der Waals surface area contributed by atoms with Crippen LogP contribution in [0.3, 0.4) is 0 Å². The molecule has 0 aliphatic heterocycles. The average molecular weight is 232 g/mol. The van der Waals surface area contributed by atoms with E-state index in [1.807, 2.05) is 6.07 Å². The fraction of sp³-hybridized carbons (Fsp3) is 0.556. The maximum absolute atomic E-state index is 5.59. The van der Waals surface area contributed by atoms with Crippen molar-refractivity contribution in [1.82, 2.24) is 0 Å². The highest BCUT2D eigenvalue weighted by Crippen LogP contribution is 2.28. The summed E-state index contributed by atoms with van der Waals surface area (Å²) >= 11 is 3.45. The van der Waals surface area contributed by atoms with Crippen molar-refractivity contribution >= 4 is 15.9 Å². The lowest BCUT2D eigenvalue weighted by molar-refractivity contribution is 0.446. The van der Waals surface area contributed by atoms with E-state index in [-0.39, 0.29) is 0 Å². The van der Waals surface area contributed by atoms with Gasteiger partial charge in [-0.15, -0.1) is 0 Å². The molecule has 0 fully saturated rings. The van der Waals surface area contributed by atoms with Crippen LogP contribution in [0.15, 0.2) is 15.0 Å². The lowest BCUT2D eigenvalue weighted by Crippen LogP contribution is -2.01. The molecule has 0 aromatic carbocycles. The van der Waals surface area contributed by atoms with Crippen molar-refractivity contribution in [3.63, 3.8) is 0 Å². The fourth-order valence-electron chi connectivity index (χ4n) is 1.09. The highest BCUT2D eigenvalue weighted by molar-refractivity contribution is 9.10. The Morgan fingerprint density at radius 3 is 2.67 bits per heavy atom. The van der Waals surface area contributed by atoms with Crippen molar-refractivity contribution in [2.24, 2.45) is 5.73 Å². The van der Waals surface area contributed by atoms with Crippen LogP contribution in [0.4, 0.5) is 0 Å². The lowest BCUT2D eigenvalue weighted by atomic mass is 10.2. The fourth-order valence-corrected chi connectivity index (χ4v) is 1.89. The smallest absolute Gasteiger partial charge is 0.120 e. The number of rotatable bonds is 3. The molecule has 68 valence electrons. The van der Waals surface area contributed by atoms with Crippen molar-refractivity contribution in [1.29, 1.82) is 0 Å². The predicted octanol–water partition coefficient (Wildman–Crippen LogP) is 2.67. The van der Waals surface area contributed by atoms with Gasteiger partial charge in [-0.05, 0) is 28.5 Å². The highest BCUT2D eigenvalue weighted by atomic mass is 79.9. The first kappa shape index (κ1) is 9.81. The zero-order chi connectivity index (χ0) is 9.14. The van der Waals surface area contributed by atoms with Crippen molar-refractivity contribution in [3.8, 4) is 0 Å². The number of halogens is 1.